The molecular weight excluding hydrogens is 502 g/mol. The smallest absolute Gasteiger partial charge is 0.328 e. The zero-order valence-corrected chi connectivity index (χ0v) is 17.5. The van der Waals surface area contributed by atoms with Crippen LogP contribution in [0.5, 0.6) is 0 Å². The second-order valence-corrected chi connectivity index (χ2v) is 9.13. The van der Waals surface area contributed by atoms with Crippen LogP contribution in [0, 0.1) is 5.92 Å². The monoisotopic (exact) mass is 515 g/mol. The average Bonchev–Trinajstić information content (AvgIpc) is 2.80. The third-order valence-corrected chi connectivity index (χ3v) is 8.86. The van der Waals surface area contributed by atoms with Crippen LogP contribution in [-0.2, 0) is 9.53 Å². The SMILES string of the molecule is COC(=O)C(NC(=O)c1sc(Br)c(Br)c1Br)C1CCCCC1. The summed E-state index contributed by atoms with van der Waals surface area (Å²) in [5.41, 5.74) is 0. The van der Waals surface area contributed by atoms with Crippen LogP contribution >= 0.6 is 59.1 Å². The molecule has 1 saturated carbocycles. The fourth-order valence-electron chi connectivity index (χ4n) is 2.68. The number of hydrogen-bond acceptors (Lipinski definition) is 4. The molecule has 1 aliphatic rings. The number of nitrogens with one attached hydrogen (secondary N) is 1. The molecule has 4 nitrogen and oxygen atoms in total. The summed E-state index contributed by atoms with van der Waals surface area (Å²) in [6.07, 6.45) is 5.26. The average molecular weight is 518 g/mol. The van der Waals surface area contributed by atoms with Gasteiger partial charge in [-0.25, -0.2) is 4.79 Å². The zero-order valence-electron chi connectivity index (χ0n) is 12.0. The van der Waals surface area contributed by atoms with Crippen LogP contribution in [0.2, 0.25) is 0 Å². The van der Waals surface area contributed by atoms with Crippen LogP contribution in [0.25, 0.3) is 0 Å². The minimum Gasteiger partial charge on any atom is -0.467 e. The van der Waals surface area contributed by atoms with E-state index in [0.29, 0.717) is 9.35 Å². The Morgan fingerprint density at radius 3 is 2.32 bits per heavy atom. The Kier molecular flexibility index (Phi) is 6.91. The number of ether oxygens (including phenoxy) is 1. The van der Waals surface area contributed by atoms with Gasteiger partial charge in [-0.2, -0.15) is 0 Å². The highest BCUT2D eigenvalue weighted by molar-refractivity contribution is 9.14. The molecule has 0 bridgehead atoms. The molecular formula is C14H16Br3NO3S. The van der Waals surface area contributed by atoms with E-state index >= 15 is 0 Å². The molecule has 8 heteroatoms. The van der Waals surface area contributed by atoms with Crippen molar-refractivity contribution >= 4 is 71.0 Å². The van der Waals surface area contributed by atoms with Crippen LogP contribution in [0.4, 0.5) is 0 Å². The first kappa shape index (κ1) is 18.4. The van der Waals surface area contributed by atoms with Crippen molar-refractivity contribution in [2.75, 3.05) is 7.11 Å². The maximum absolute atomic E-state index is 12.5. The second kappa shape index (κ2) is 8.26. The van der Waals surface area contributed by atoms with Crippen LogP contribution in [0.1, 0.15) is 41.8 Å². The molecule has 0 spiro atoms. The van der Waals surface area contributed by atoms with E-state index in [4.69, 9.17) is 4.74 Å². The van der Waals surface area contributed by atoms with E-state index in [0.717, 1.165) is 33.9 Å². The van der Waals surface area contributed by atoms with Gasteiger partial charge < -0.3 is 10.1 Å². The summed E-state index contributed by atoms with van der Waals surface area (Å²) < 4.78 is 7.20. The lowest BCUT2D eigenvalue weighted by Crippen LogP contribution is -2.47. The Hall–Kier alpha value is 0.0800. The number of thiophene rings is 1. The third kappa shape index (κ3) is 4.13. The summed E-state index contributed by atoms with van der Waals surface area (Å²) >= 11 is 11.5. The van der Waals surface area contributed by atoms with Gasteiger partial charge in [0.05, 0.1) is 19.8 Å². The summed E-state index contributed by atoms with van der Waals surface area (Å²) in [5.74, 6) is -0.480. The highest BCUT2D eigenvalue weighted by Crippen LogP contribution is 2.41. The van der Waals surface area contributed by atoms with E-state index in [9.17, 15) is 9.59 Å². The van der Waals surface area contributed by atoms with Crippen LogP contribution in [0.15, 0.2) is 12.7 Å². The van der Waals surface area contributed by atoms with Gasteiger partial charge in [-0.05, 0) is 66.5 Å². The van der Waals surface area contributed by atoms with Crippen molar-refractivity contribution < 1.29 is 14.3 Å². The third-order valence-electron chi connectivity index (χ3n) is 3.83. The lowest BCUT2D eigenvalue weighted by molar-refractivity contribution is -0.144. The molecule has 122 valence electrons. The number of halogens is 3. The van der Waals surface area contributed by atoms with Crippen molar-refractivity contribution in [3.63, 3.8) is 0 Å². The Labute approximate surface area is 158 Å². The lowest BCUT2D eigenvalue weighted by Gasteiger charge is -2.28. The second-order valence-electron chi connectivity index (χ2n) is 5.21. The van der Waals surface area contributed by atoms with Crippen molar-refractivity contribution in [3.05, 3.63) is 17.6 Å². The summed E-state index contributed by atoms with van der Waals surface area (Å²) in [6.45, 7) is 0. The van der Waals surface area contributed by atoms with Crippen molar-refractivity contribution in [2.24, 2.45) is 5.92 Å². The molecule has 1 heterocycles. The Morgan fingerprint density at radius 2 is 1.82 bits per heavy atom. The van der Waals surface area contributed by atoms with Crippen molar-refractivity contribution in [1.82, 2.24) is 5.32 Å². The molecule has 1 unspecified atom stereocenters. The number of rotatable bonds is 4. The van der Waals surface area contributed by atoms with Gasteiger partial charge in [-0.1, -0.05) is 19.3 Å². The zero-order chi connectivity index (χ0) is 16.3. The Balaban J connectivity index is 2.17. The van der Waals surface area contributed by atoms with E-state index in [1.165, 1.54) is 24.9 Å². The molecule has 22 heavy (non-hydrogen) atoms. The van der Waals surface area contributed by atoms with Gasteiger partial charge in [0.25, 0.3) is 5.91 Å². The lowest BCUT2D eigenvalue weighted by atomic mass is 9.84. The van der Waals surface area contributed by atoms with E-state index < -0.39 is 6.04 Å². The number of hydrogen-bond donors (Lipinski definition) is 1. The predicted octanol–water partition coefficient (Wildman–Crippen LogP) is 4.89. The van der Waals surface area contributed by atoms with Crippen LogP contribution < -0.4 is 5.32 Å². The quantitative estimate of drug-likeness (QED) is 0.579. The summed E-state index contributed by atoms with van der Waals surface area (Å²) in [4.78, 5) is 25.1. The minimum atomic E-state index is -0.579. The number of amides is 1. The van der Waals surface area contributed by atoms with Crippen molar-refractivity contribution in [1.29, 1.82) is 0 Å². The van der Waals surface area contributed by atoms with Gasteiger partial charge in [0, 0.05) is 0 Å². The van der Waals surface area contributed by atoms with Gasteiger partial charge in [-0.15, -0.1) is 11.3 Å². The van der Waals surface area contributed by atoms with E-state index in [1.54, 1.807) is 0 Å². The molecule has 0 aliphatic heterocycles. The summed E-state index contributed by atoms with van der Waals surface area (Å²) in [7, 11) is 1.36. The molecule has 1 aromatic heterocycles. The van der Waals surface area contributed by atoms with Gasteiger partial charge in [0.2, 0.25) is 0 Å². The largest absolute Gasteiger partial charge is 0.467 e. The van der Waals surface area contributed by atoms with Gasteiger partial charge in [0.15, 0.2) is 0 Å². The maximum Gasteiger partial charge on any atom is 0.328 e. The molecule has 1 aromatic rings. The first-order chi connectivity index (χ1) is 10.5. The highest BCUT2D eigenvalue weighted by atomic mass is 79.9. The van der Waals surface area contributed by atoms with Crippen LogP contribution in [-0.4, -0.2) is 25.0 Å². The molecule has 0 radical (unpaired) electrons. The number of carbonyl (C=O) groups is 2. The van der Waals surface area contributed by atoms with Gasteiger partial charge in [-0.3, -0.25) is 4.79 Å². The molecule has 1 amide bonds. The van der Waals surface area contributed by atoms with E-state index in [1.807, 2.05) is 0 Å². The molecule has 1 aliphatic carbocycles. The van der Waals surface area contributed by atoms with Crippen molar-refractivity contribution in [3.8, 4) is 0 Å². The molecule has 2 rings (SSSR count). The number of esters is 1. The first-order valence-corrected chi connectivity index (χ1v) is 10.2. The number of carbonyl (C=O) groups excluding carboxylic acids is 2. The topological polar surface area (TPSA) is 55.4 Å². The summed E-state index contributed by atoms with van der Waals surface area (Å²) in [6, 6.07) is -0.579. The Bertz CT molecular complexity index is 570. The Morgan fingerprint density at radius 1 is 1.18 bits per heavy atom. The maximum atomic E-state index is 12.5. The van der Waals surface area contributed by atoms with Gasteiger partial charge in [0.1, 0.15) is 10.9 Å². The standard InChI is InChI=1S/C14H16Br3NO3S/c1-21-14(20)10(7-5-3-2-4-6-7)18-13(19)11-8(15)9(16)12(17)22-11/h7,10H,2-6H2,1H3,(H,18,19). The van der Waals surface area contributed by atoms with E-state index in [-0.39, 0.29) is 17.8 Å². The van der Waals surface area contributed by atoms with E-state index in [2.05, 4.69) is 53.1 Å². The molecule has 1 fully saturated rings. The predicted molar refractivity (Wildman–Crippen MR) is 97.3 cm³/mol. The fourth-order valence-corrected chi connectivity index (χ4v) is 5.67. The van der Waals surface area contributed by atoms with Crippen LogP contribution in [0.3, 0.4) is 0 Å². The number of methoxy groups -OCH3 is 1. The fraction of sp³-hybridized carbons (Fsp3) is 0.571. The normalized spacial score (nSPS) is 17.1. The van der Waals surface area contributed by atoms with Crippen molar-refractivity contribution in [2.45, 2.75) is 38.1 Å². The first-order valence-electron chi connectivity index (χ1n) is 6.97. The molecule has 1 atom stereocenters. The highest BCUT2D eigenvalue weighted by Gasteiger charge is 2.33. The molecule has 1 N–H and O–H groups in total. The molecule has 0 aromatic carbocycles. The minimum absolute atomic E-state index is 0.149. The van der Waals surface area contributed by atoms with Gasteiger partial charge >= 0.3 is 5.97 Å². The summed E-state index contributed by atoms with van der Waals surface area (Å²) in [5, 5.41) is 2.86. The molecule has 0 saturated heterocycles.